The number of carbonyl (C=O) groups excluding carboxylic acids is 1. The second-order valence-corrected chi connectivity index (χ2v) is 7.78. The molecule has 3 nitrogen and oxygen atoms in total. The van der Waals surface area contributed by atoms with Gasteiger partial charge >= 0.3 is 0 Å². The summed E-state index contributed by atoms with van der Waals surface area (Å²) in [5.74, 6) is 0.941. The van der Waals surface area contributed by atoms with Gasteiger partial charge in [0, 0.05) is 35.7 Å². The fourth-order valence-corrected chi connectivity index (χ4v) is 4.56. The molecule has 24 heavy (non-hydrogen) atoms. The maximum Gasteiger partial charge on any atom is 0.165 e. The lowest BCUT2D eigenvalue weighted by molar-refractivity contribution is 0.0936. The molecule has 0 bridgehead atoms. The third-order valence-electron chi connectivity index (χ3n) is 5.63. The Morgan fingerprint density at radius 3 is 2.58 bits per heavy atom. The van der Waals surface area contributed by atoms with Gasteiger partial charge in [-0.25, -0.2) is 0 Å². The van der Waals surface area contributed by atoms with Crippen LogP contribution in [0.4, 0.5) is 5.69 Å². The molecule has 0 radical (unpaired) electrons. The van der Waals surface area contributed by atoms with Gasteiger partial charge in [0.25, 0.3) is 0 Å². The van der Waals surface area contributed by atoms with Crippen LogP contribution < -0.4 is 5.32 Å². The van der Waals surface area contributed by atoms with Gasteiger partial charge in [0.05, 0.1) is 0 Å². The maximum absolute atomic E-state index is 12.7. The fraction of sp³-hybridized carbons (Fsp3) is 0.667. The summed E-state index contributed by atoms with van der Waals surface area (Å²) in [6.45, 7) is 11.9. The Morgan fingerprint density at radius 2 is 1.96 bits per heavy atom. The Hall–Kier alpha value is -1.35. The van der Waals surface area contributed by atoms with Crippen molar-refractivity contribution in [3.63, 3.8) is 0 Å². The smallest absolute Gasteiger partial charge is 0.165 e. The summed E-state index contributed by atoms with van der Waals surface area (Å²) in [5.41, 5.74) is 5.04. The van der Waals surface area contributed by atoms with Crippen molar-refractivity contribution in [1.82, 2.24) is 4.90 Å². The Kier molecular flexibility index (Phi) is 5.29. The normalized spacial score (nSPS) is 21.9. The Bertz CT molecular complexity index is 602. The average Bonchev–Trinajstić information content (AvgIpc) is 2.98. The van der Waals surface area contributed by atoms with Gasteiger partial charge < -0.3 is 10.2 Å². The number of Topliss-reactive ketones (excluding diaryl/α,β-unsaturated/α-hetero) is 1. The molecule has 132 valence electrons. The highest BCUT2D eigenvalue weighted by Crippen LogP contribution is 2.44. The van der Waals surface area contributed by atoms with E-state index < -0.39 is 0 Å². The molecule has 1 N–H and O–H groups in total. The Morgan fingerprint density at radius 1 is 1.25 bits per heavy atom. The van der Waals surface area contributed by atoms with Crippen molar-refractivity contribution in [2.45, 2.75) is 65.3 Å². The number of carbonyl (C=O) groups is 1. The highest BCUT2D eigenvalue weighted by Gasteiger charge is 2.37. The van der Waals surface area contributed by atoms with Gasteiger partial charge in [0.2, 0.25) is 0 Å². The topological polar surface area (TPSA) is 32.3 Å². The average molecular weight is 329 g/mol. The molecule has 0 aromatic heterocycles. The summed E-state index contributed by atoms with van der Waals surface area (Å²) in [7, 11) is 0. The minimum absolute atomic E-state index is 0.0647. The molecule has 2 aliphatic rings. The Balaban J connectivity index is 1.97. The molecule has 0 unspecified atom stereocenters. The van der Waals surface area contributed by atoms with E-state index in [9.17, 15) is 4.79 Å². The van der Waals surface area contributed by atoms with E-state index in [2.05, 4.69) is 36.2 Å². The van der Waals surface area contributed by atoms with Gasteiger partial charge in [-0.05, 0) is 62.0 Å². The van der Waals surface area contributed by atoms with E-state index in [0.717, 1.165) is 18.5 Å². The molecule has 3 rings (SSSR count). The monoisotopic (exact) mass is 328 g/mol. The van der Waals surface area contributed by atoms with Crippen LogP contribution in [0.5, 0.6) is 0 Å². The summed E-state index contributed by atoms with van der Waals surface area (Å²) in [6, 6.07) is 4.78. The SMILES string of the molecule is CCCN(CCC)[C@H]1Cc2c(C(=O)C(C)C)ccc3c2[C@@H](CN3)C1. The minimum atomic E-state index is 0.0647. The van der Waals surface area contributed by atoms with E-state index in [-0.39, 0.29) is 5.92 Å². The molecule has 0 spiro atoms. The summed E-state index contributed by atoms with van der Waals surface area (Å²) in [4.78, 5) is 15.4. The lowest BCUT2D eigenvalue weighted by Gasteiger charge is -2.38. The van der Waals surface area contributed by atoms with E-state index >= 15 is 0 Å². The zero-order chi connectivity index (χ0) is 17.3. The summed E-state index contributed by atoms with van der Waals surface area (Å²) in [5, 5.41) is 3.57. The van der Waals surface area contributed by atoms with Crippen molar-refractivity contribution in [2.75, 3.05) is 25.0 Å². The first-order valence-electron chi connectivity index (χ1n) is 9.74. The quantitative estimate of drug-likeness (QED) is 0.750. The maximum atomic E-state index is 12.7. The number of hydrogen-bond donors (Lipinski definition) is 1. The number of nitrogens with one attached hydrogen (secondary N) is 1. The molecule has 1 aliphatic carbocycles. The van der Waals surface area contributed by atoms with E-state index in [4.69, 9.17) is 0 Å². The van der Waals surface area contributed by atoms with Crippen LogP contribution in [0.2, 0.25) is 0 Å². The van der Waals surface area contributed by atoms with Crippen LogP contribution in [-0.4, -0.2) is 36.4 Å². The first-order chi connectivity index (χ1) is 11.6. The van der Waals surface area contributed by atoms with Crippen molar-refractivity contribution < 1.29 is 4.79 Å². The van der Waals surface area contributed by atoms with Gasteiger partial charge in [0.15, 0.2) is 5.78 Å². The molecule has 1 aromatic carbocycles. The second kappa shape index (κ2) is 7.26. The van der Waals surface area contributed by atoms with Crippen LogP contribution in [0, 0.1) is 5.92 Å². The molecule has 2 atom stereocenters. The summed E-state index contributed by atoms with van der Waals surface area (Å²) >= 11 is 0. The number of nitrogens with zero attached hydrogens (tertiary/aromatic N) is 1. The molecule has 0 saturated carbocycles. The van der Waals surface area contributed by atoms with Gasteiger partial charge in [-0.1, -0.05) is 27.7 Å². The van der Waals surface area contributed by atoms with Crippen molar-refractivity contribution in [3.8, 4) is 0 Å². The molecule has 0 saturated heterocycles. The van der Waals surface area contributed by atoms with Crippen LogP contribution >= 0.6 is 0 Å². The Labute approximate surface area is 146 Å². The first kappa shape index (κ1) is 17.5. The lowest BCUT2D eigenvalue weighted by atomic mass is 9.77. The standard InChI is InChI=1S/C21H32N2O/c1-5-9-23(10-6-2)16-11-15-13-22-19-8-7-17(21(24)14(3)4)18(12-16)20(15)19/h7-8,14-16,22H,5-6,9-13H2,1-4H3/t15-,16-/m1/s1. The van der Waals surface area contributed by atoms with Crippen LogP contribution in [0.15, 0.2) is 12.1 Å². The molecule has 3 heteroatoms. The molecular formula is C21H32N2O. The van der Waals surface area contributed by atoms with Gasteiger partial charge in [-0.15, -0.1) is 0 Å². The largest absolute Gasteiger partial charge is 0.384 e. The number of benzene rings is 1. The number of anilines is 1. The second-order valence-electron chi connectivity index (χ2n) is 7.78. The number of ketones is 1. The van der Waals surface area contributed by atoms with E-state index in [1.165, 1.54) is 49.2 Å². The minimum Gasteiger partial charge on any atom is -0.384 e. The van der Waals surface area contributed by atoms with Crippen LogP contribution in [-0.2, 0) is 6.42 Å². The summed E-state index contributed by atoms with van der Waals surface area (Å²) in [6.07, 6.45) is 4.66. The van der Waals surface area contributed by atoms with Crippen LogP contribution in [0.3, 0.4) is 0 Å². The van der Waals surface area contributed by atoms with Crippen molar-refractivity contribution in [1.29, 1.82) is 0 Å². The highest BCUT2D eigenvalue weighted by molar-refractivity contribution is 6.00. The molecular weight excluding hydrogens is 296 g/mol. The third-order valence-corrected chi connectivity index (χ3v) is 5.63. The van der Waals surface area contributed by atoms with Crippen molar-refractivity contribution in [3.05, 3.63) is 28.8 Å². The molecule has 1 aromatic rings. The molecule has 0 fully saturated rings. The zero-order valence-electron chi connectivity index (χ0n) is 15.7. The van der Waals surface area contributed by atoms with Crippen molar-refractivity contribution >= 4 is 11.5 Å². The third kappa shape index (κ3) is 3.11. The fourth-order valence-electron chi connectivity index (χ4n) is 4.56. The first-order valence-corrected chi connectivity index (χ1v) is 9.74. The van der Waals surface area contributed by atoms with E-state index in [0.29, 0.717) is 17.7 Å². The predicted molar refractivity (Wildman–Crippen MR) is 101 cm³/mol. The van der Waals surface area contributed by atoms with Gasteiger partial charge in [0.1, 0.15) is 0 Å². The highest BCUT2D eigenvalue weighted by atomic mass is 16.1. The lowest BCUT2D eigenvalue weighted by Crippen LogP contribution is -2.42. The number of rotatable bonds is 7. The van der Waals surface area contributed by atoms with Crippen molar-refractivity contribution in [2.24, 2.45) is 5.92 Å². The molecule has 1 aliphatic heterocycles. The van der Waals surface area contributed by atoms with Crippen LogP contribution in [0.25, 0.3) is 0 Å². The number of hydrogen-bond acceptors (Lipinski definition) is 3. The predicted octanol–water partition coefficient (Wildman–Crippen LogP) is 4.47. The van der Waals surface area contributed by atoms with Gasteiger partial charge in [-0.3, -0.25) is 4.79 Å². The van der Waals surface area contributed by atoms with E-state index in [1.54, 1.807) is 0 Å². The summed E-state index contributed by atoms with van der Waals surface area (Å²) < 4.78 is 0. The molecule has 1 heterocycles. The van der Waals surface area contributed by atoms with Gasteiger partial charge in [-0.2, -0.15) is 0 Å². The zero-order valence-corrected chi connectivity index (χ0v) is 15.7. The van der Waals surface area contributed by atoms with E-state index in [1.807, 2.05) is 13.8 Å². The molecule has 0 amide bonds. The van der Waals surface area contributed by atoms with Crippen LogP contribution in [0.1, 0.15) is 74.4 Å².